The molecule has 1 rings (SSSR count). The number of carbonyl (C=O) groups is 3. The quantitative estimate of drug-likeness (QED) is 0.363. The summed E-state index contributed by atoms with van der Waals surface area (Å²) >= 11 is 0. The number of carboxylic acids is 1. The zero-order valence-corrected chi connectivity index (χ0v) is 15.5. The van der Waals surface area contributed by atoms with E-state index in [4.69, 9.17) is 9.84 Å². The first-order chi connectivity index (χ1) is 13.0. The van der Waals surface area contributed by atoms with E-state index in [-0.39, 0.29) is 18.9 Å². The number of ether oxygens (including phenoxy) is 1. The van der Waals surface area contributed by atoms with Crippen LogP contribution in [0.15, 0.2) is 43.0 Å². The maximum Gasteiger partial charge on any atom is 0.407 e. The first-order valence-electron chi connectivity index (χ1n) is 9.10. The zero-order valence-electron chi connectivity index (χ0n) is 15.5. The first kappa shape index (κ1) is 22.2. The number of benzene rings is 1. The van der Waals surface area contributed by atoms with Crippen molar-refractivity contribution in [1.29, 1.82) is 0 Å². The van der Waals surface area contributed by atoms with E-state index in [2.05, 4.69) is 17.2 Å². The van der Waals surface area contributed by atoms with Crippen LogP contribution in [0.2, 0.25) is 0 Å². The van der Waals surface area contributed by atoms with Gasteiger partial charge in [-0.15, -0.1) is 6.58 Å². The SMILES string of the molecule is C=CCC[C@H](NC(=O)CCCCCNC(=O)OCc1ccccc1)C(=O)O. The highest BCUT2D eigenvalue weighted by molar-refractivity contribution is 5.83. The van der Waals surface area contributed by atoms with Crippen LogP contribution < -0.4 is 10.6 Å². The number of amides is 2. The van der Waals surface area contributed by atoms with Crippen molar-refractivity contribution in [2.45, 2.75) is 51.2 Å². The molecule has 0 aromatic heterocycles. The number of rotatable bonds is 13. The summed E-state index contributed by atoms with van der Waals surface area (Å²) in [6, 6.07) is 8.54. The minimum atomic E-state index is -1.04. The molecule has 0 fully saturated rings. The van der Waals surface area contributed by atoms with Gasteiger partial charge >= 0.3 is 12.1 Å². The van der Waals surface area contributed by atoms with E-state index in [1.165, 1.54) is 0 Å². The number of unbranched alkanes of at least 4 members (excludes halogenated alkanes) is 2. The molecule has 0 spiro atoms. The maximum absolute atomic E-state index is 11.8. The monoisotopic (exact) mass is 376 g/mol. The Morgan fingerprint density at radius 3 is 2.56 bits per heavy atom. The number of hydrogen-bond donors (Lipinski definition) is 3. The molecule has 0 bridgehead atoms. The molecule has 27 heavy (non-hydrogen) atoms. The van der Waals surface area contributed by atoms with Crippen LogP contribution in [0.25, 0.3) is 0 Å². The van der Waals surface area contributed by atoms with Crippen molar-refractivity contribution < 1.29 is 24.2 Å². The molecule has 0 heterocycles. The first-order valence-corrected chi connectivity index (χ1v) is 9.10. The van der Waals surface area contributed by atoms with Gasteiger partial charge in [-0.3, -0.25) is 4.79 Å². The van der Waals surface area contributed by atoms with Crippen LogP contribution in [0.1, 0.15) is 44.1 Å². The summed E-state index contributed by atoms with van der Waals surface area (Å²) in [5, 5.41) is 14.2. The molecule has 1 aromatic rings. The van der Waals surface area contributed by atoms with Gasteiger partial charge in [-0.05, 0) is 31.2 Å². The van der Waals surface area contributed by atoms with E-state index < -0.39 is 18.1 Å². The topological polar surface area (TPSA) is 105 Å². The molecular formula is C20H28N2O5. The predicted molar refractivity (Wildman–Crippen MR) is 102 cm³/mol. The second kappa shape index (κ2) is 13.4. The summed E-state index contributed by atoms with van der Waals surface area (Å²) in [5.74, 6) is -1.31. The molecule has 0 unspecified atom stereocenters. The summed E-state index contributed by atoms with van der Waals surface area (Å²) < 4.78 is 5.09. The summed E-state index contributed by atoms with van der Waals surface area (Å²) in [7, 11) is 0. The lowest BCUT2D eigenvalue weighted by Crippen LogP contribution is -2.40. The van der Waals surface area contributed by atoms with Gasteiger partial charge in [0.1, 0.15) is 12.6 Å². The van der Waals surface area contributed by atoms with Gasteiger partial charge in [0.2, 0.25) is 5.91 Å². The Balaban J connectivity index is 2.07. The lowest BCUT2D eigenvalue weighted by molar-refractivity contribution is -0.142. The minimum absolute atomic E-state index is 0.226. The Kier molecular flexibility index (Phi) is 11.0. The fourth-order valence-corrected chi connectivity index (χ4v) is 2.36. The van der Waals surface area contributed by atoms with Crippen molar-refractivity contribution in [2.75, 3.05) is 6.54 Å². The third-order valence-electron chi connectivity index (χ3n) is 3.86. The van der Waals surface area contributed by atoms with Crippen LogP contribution in [-0.4, -0.2) is 35.7 Å². The number of carboxylic acid groups (broad SMARTS) is 1. The van der Waals surface area contributed by atoms with Crippen molar-refractivity contribution in [2.24, 2.45) is 0 Å². The van der Waals surface area contributed by atoms with Gasteiger partial charge in [0.15, 0.2) is 0 Å². The second-order valence-electron chi connectivity index (χ2n) is 6.12. The molecule has 148 valence electrons. The normalized spacial score (nSPS) is 11.3. The van der Waals surface area contributed by atoms with Gasteiger partial charge in [-0.1, -0.05) is 42.8 Å². The molecule has 0 saturated carbocycles. The lowest BCUT2D eigenvalue weighted by atomic mass is 10.1. The van der Waals surface area contributed by atoms with Crippen molar-refractivity contribution in [1.82, 2.24) is 10.6 Å². The summed E-state index contributed by atoms with van der Waals surface area (Å²) in [6.45, 7) is 4.23. The molecule has 0 aliphatic carbocycles. The molecule has 0 radical (unpaired) electrons. The average Bonchev–Trinajstić information content (AvgIpc) is 2.66. The van der Waals surface area contributed by atoms with Crippen LogP contribution in [0.4, 0.5) is 4.79 Å². The standard InChI is InChI=1S/C20H28N2O5/c1-2-3-12-17(19(24)25)22-18(23)13-8-5-9-14-21-20(26)27-15-16-10-6-4-7-11-16/h2,4,6-7,10-11,17H,1,3,5,8-9,12-15H2,(H,21,26)(H,22,23)(H,24,25)/t17-/m0/s1. The fourth-order valence-electron chi connectivity index (χ4n) is 2.36. The van der Waals surface area contributed by atoms with Gasteiger partial charge in [-0.2, -0.15) is 0 Å². The van der Waals surface area contributed by atoms with E-state index in [9.17, 15) is 14.4 Å². The molecule has 0 aliphatic rings. The molecular weight excluding hydrogens is 348 g/mol. The fraction of sp³-hybridized carbons (Fsp3) is 0.450. The Labute approximate surface area is 159 Å². The van der Waals surface area contributed by atoms with Gasteiger partial charge in [0.25, 0.3) is 0 Å². The number of allylic oxidation sites excluding steroid dienone is 1. The van der Waals surface area contributed by atoms with Gasteiger partial charge in [0, 0.05) is 13.0 Å². The number of hydrogen-bond acceptors (Lipinski definition) is 4. The van der Waals surface area contributed by atoms with E-state index in [1.54, 1.807) is 6.08 Å². The number of carbonyl (C=O) groups excluding carboxylic acids is 2. The van der Waals surface area contributed by atoms with E-state index in [0.717, 1.165) is 12.0 Å². The summed E-state index contributed by atoms with van der Waals surface area (Å²) in [4.78, 5) is 34.4. The second-order valence-corrected chi connectivity index (χ2v) is 6.12. The van der Waals surface area contributed by atoms with Gasteiger partial charge < -0.3 is 20.5 Å². The molecule has 0 aliphatic heterocycles. The van der Waals surface area contributed by atoms with Crippen molar-refractivity contribution in [3.05, 3.63) is 48.6 Å². The lowest BCUT2D eigenvalue weighted by Gasteiger charge is -2.13. The Hall–Kier alpha value is -2.83. The average molecular weight is 376 g/mol. The predicted octanol–water partition coefficient (Wildman–Crippen LogP) is 3.01. The minimum Gasteiger partial charge on any atom is -0.480 e. The number of aliphatic carboxylic acids is 1. The zero-order chi connectivity index (χ0) is 19.9. The maximum atomic E-state index is 11.8. The third kappa shape index (κ3) is 10.7. The van der Waals surface area contributed by atoms with E-state index in [1.807, 2.05) is 30.3 Å². The Bertz CT molecular complexity index is 604. The highest BCUT2D eigenvalue weighted by atomic mass is 16.5. The molecule has 7 heteroatoms. The van der Waals surface area contributed by atoms with Crippen LogP contribution in [0, 0.1) is 0 Å². The summed E-state index contributed by atoms with van der Waals surface area (Å²) in [6.07, 6.45) is 4.37. The largest absolute Gasteiger partial charge is 0.480 e. The molecule has 2 amide bonds. The van der Waals surface area contributed by atoms with Crippen LogP contribution in [-0.2, 0) is 20.9 Å². The van der Waals surface area contributed by atoms with Crippen LogP contribution in [0.3, 0.4) is 0 Å². The highest BCUT2D eigenvalue weighted by Gasteiger charge is 2.18. The van der Waals surface area contributed by atoms with Crippen LogP contribution in [0.5, 0.6) is 0 Å². The van der Waals surface area contributed by atoms with E-state index in [0.29, 0.717) is 32.2 Å². The van der Waals surface area contributed by atoms with Crippen molar-refractivity contribution in [3.63, 3.8) is 0 Å². The van der Waals surface area contributed by atoms with Crippen molar-refractivity contribution >= 4 is 18.0 Å². The van der Waals surface area contributed by atoms with Gasteiger partial charge in [-0.25, -0.2) is 9.59 Å². The molecule has 1 atom stereocenters. The van der Waals surface area contributed by atoms with Crippen molar-refractivity contribution in [3.8, 4) is 0 Å². The molecule has 1 aromatic carbocycles. The van der Waals surface area contributed by atoms with E-state index >= 15 is 0 Å². The number of nitrogens with one attached hydrogen (secondary N) is 2. The Morgan fingerprint density at radius 1 is 1.15 bits per heavy atom. The van der Waals surface area contributed by atoms with Crippen LogP contribution >= 0.6 is 0 Å². The smallest absolute Gasteiger partial charge is 0.407 e. The van der Waals surface area contributed by atoms with Gasteiger partial charge in [0.05, 0.1) is 0 Å². The molecule has 7 nitrogen and oxygen atoms in total. The number of alkyl carbamates (subject to hydrolysis) is 1. The summed E-state index contributed by atoms with van der Waals surface area (Å²) in [5.41, 5.74) is 0.923. The molecule has 3 N–H and O–H groups in total. The Morgan fingerprint density at radius 2 is 1.89 bits per heavy atom. The molecule has 0 saturated heterocycles. The highest BCUT2D eigenvalue weighted by Crippen LogP contribution is 2.03. The third-order valence-corrected chi connectivity index (χ3v) is 3.86.